The van der Waals surface area contributed by atoms with Gasteiger partial charge in [-0.05, 0) is 25.1 Å². The van der Waals surface area contributed by atoms with Crippen LogP contribution in [0.1, 0.15) is 12.1 Å². The zero-order chi connectivity index (χ0) is 15.4. The first-order chi connectivity index (χ1) is 9.77. The van der Waals surface area contributed by atoms with Gasteiger partial charge in [0.25, 0.3) is 0 Å². The number of aromatic nitrogens is 2. The molecule has 112 valence electrons. The van der Waals surface area contributed by atoms with E-state index in [0.717, 1.165) is 16.6 Å². The summed E-state index contributed by atoms with van der Waals surface area (Å²) in [6.45, 7) is 2.05. The Balaban J connectivity index is 1.99. The summed E-state index contributed by atoms with van der Waals surface area (Å²) in [6.07, 6.45) is -0.0783. The summed E-state index contributed by atoms with van der Waals surface area (Å²) < 4.78 is 24.5. The predicted molar refractivity (Wildman–Crippen MR) is 81.0 cm³/mol. The minimum atomic E-state index is -3.73. The van der Waals surface area contributed by atoms with Gasteiger partial charge in [0.15, 0.2) is 0 Å². The second-order valence-corrected chi connectivity index (χ2v) is 8.12. The Labute approximate surface area is 126 Å². The number of benzene rings is 1. The van der Waals surface area contributed by atoms with Crippen molar-refractivity contribution >= 4 is 42.2 Å². The van der Waals surface area contributed by atoms with E-state index in [9.17, 15) is 13.2 Å². The average Bonchev–Trinajstić information content (AvgIpc) is 2.91. The number of rotatable bonds is 2. The van der Waals surface area contributed by atoms with Crippen LogP contribution in [0.15, 0.2) is 18.2 Å². The highest BCUT2D eigenvalue weighted by atomic mass is 35.7. The summed E-state index contributed by atoms with van der Waals surface area (Å²) in [7, 11) is 3.48. The fourth-order valence-electron chi connectivity index (χ4n) is 2.60. The van der Waals surface area contributed by atoms with Crippen LogP contribution in [0, 0.1) is 6.92 Å². The number of aryl methyl sites for hydroxylation is 2. The molecule has 21 heavy (non-hydrogen) atoms. The Morgan fingerprint density at radius 2 is 2.10 bits per heavy atom. The molecule has 8 heteroatoms. The van der Waals surface area contributed by atoms with Crippen LogP contribution in [0.25, 0.3) is 10.9 Å². The first kappa shape index (κ1) is 14.3. The Morgan fingerprint density at radius 3 is 2.71 bits per heavy atom. The molecular formula is C13H14ClN3O3S. The highest BCUT2D eigenvalue weighted by Gasteiger charge is 2.38. The third kappa shape index (κ3) is 2.40. The van der Waals surface area contributed by atoms with Gasteiger partial charge < -0.3 is 4.90 Å². The largest absolute Gasteiger partial charge is 0.311 e. The highest BCUT2D eigenvalue weighted by Crippen LogP contribution is 2.29. The summed E-state index contributed by atoms with van der Waals surface area (Å²) in [4.78, 5) is 13.5. The number of nitrogens with zero attached hydrogens (tertiary/aromatic N) is 3. The van der Waals surface area contributed by atoms with Gasteiger partial charge in [0, 0.05) is 47.5 Å². The molecule has 1 aromatic heterocycles. The number of fused-ring (bicyclic) bond motifs is 1. The molecule has 6 nitrogen and oxygen atoms in total. The van der Waals surface area contributed by atoms with Crippen LogP contribution in [0.4, 0.5) is 5.69 Å². The molecule has 2 aromatic rings. The van der Waals surface area contributed by atoms with E-state index in [2.05, 4.69) is 5.10 Å². The Hall–Kier alpha value is -1.60. The number of hydrogen-bond donors (Lipinski definition) is 0. The normalized spacial score (nSPS) is 19.7. The number of hydrogen-bond acceptors (Lipinski definition) is 4. The second kappa shape index (κ2) is 4.71. The van der Waals surface area contributed by atoms with Crippen molar-refractivity contribution in [1.29, 1.82) is 0 Å². The van der Waals surface area contributed by atoms with E-state index in [4.69, 9.17) is 10.7 Å². The molecule has 1 aromatic carbocycles. The van der Waals surface area contributed by atoms with Crippen molar-refractivity contribution < 1.29 is 13.2 Å². The summed E-state index contributed by atoms with van der Waals surface area (Å²) in [5.41, 5.74) is 2.46. The fraction of sp³-hybridized carbons (Fsp3) is 0.385. The topological polar surface area (TPSA) is 72.3 Å². The van der Waals surface area contributed by atoms with Gasteiger partial charge in [-0.1, -0.05) is 0 Å². The highest BCUT2D eigenvalue weighted by molar-refractivity contribution is 8.14. The maximum absolute atomic E-state index is 12.0. The lowest BCUT2D eigenvalue weighted by Gasteiger charge is -2.16. The lowest BCUT2D eigenvalue weighted by atomic mass is 10.2. The molecule has 0 bridgehead atoms. The maximum Gasteiger partial charge on any atom is 0.237 e. The van der Waals surface area contributed by atoms with Crippen molar-refractivity contribution in [3.05, 3.63) is 23.9 Å². The van der Waals surface area contributed by atoms with Gasteiger partial charge in [-0.15, -0.1) is 0 Å². The second-order valence-electron chi connectivity index (χ2n) is 5.22. The molecule has 0 aliphatic carbocycles. The molecule has 0 radical (unpaired) electrons. The van der Waals surface area contributed by atoms with Crippen molar-refractivity contribution in [2.24, 2.45) is 7.05 Å². The molecular weight excluding hydrogens is 314 g/mol. The molecule has 0 spiro atoms. The maximum atomic E-state index is 12.0. The fourth-order valence-corrected chi connectivity index (χ4v) is 3.63. The van der Waals surface area contributed by atoms with Gasteiger partial charge in [0.05, 0.1) is 5.52 Å². The van der Waals surface area contributed by atoms with E-state index in [1.165, 1.54) is 4.90 Å². The molecule has 1 amide bonds. The van der Waals surface area contributed by atoms with E-state index >= 15 is 0 Å². The van der Waals surface area contributed by atoms with Crippen LogP contribution in [0.5, 0.6) is 0 Å². The van der Waals surface area contributed by atoms with Crippen LogP contribution in [0.2, 0.25) is 0 Å². The van der Waals surface area contributed by atoms with E-state index < -0.39 is 14.3 Å². The Kier molecular flexibility index (Phi) is 3.22. The van der Waals surface area contributed by atoms with E-state index in [-0.39, 0.29) is 18.9 Å². The molecule has 0 saturated carbocycles. The van der Waals surface area contributed by atoms with Gasteiger partial charge in [-0.25, -0.2) is 8.42 Å². The van der Waals surface area contributed by atoms with Crippen LogP contribution in [-0.4, -0.2) is 35.9 Å². The van der Waals surface area contributed by atoms with Gasteiger partial charge in [0.1, 0.15) is 5.25 Å². The van der Waals surface area contributed by atoms with Crippen LogP contribution in [0.3, 0.4) is 0 Å². The minimum Gasteiger partial charge on any atom is -0.311 e. The summed E-state index contributed by atoms with van der Waals surface area (Å²) in [6, 6.07) is 5.49. The molecule has 0 N–H and O–H groups in total. The number of carbonyl (C=O) groups excluding carboxylic acids is 1. The van der Waals surface area contributed by atoms with Crippen LogP contribution in [-0.2, 0) is 20.9 Å². The first-order valence-electron chi connectivity index (χ1n) is 6.44. The van der Waals surface area contributed by atoms with Gasteiger partial charge in [-0.3, -0.25) is 9.48 Å². The molecule has 1 saturated heterocycles. The van der Waals surface area contributed by atoms with Crippen molar-refractivity contribution in [1.82, 2.24) is 9.78 Å². The molecule has 1 aliphatic rings. The van der Waals surface area contributed by atoms with Crippen molar-refractivity contribution in [2.45, 2.75) is 18.6 Å². The standard InChI is InChI=1S/C13H14ClN3O3S/c1-8-11-4-3-9(5-12(11)15-16(8)2)17-7-10(6-13(17)18)21(14,19)20/h3-5,10H,6-7H2,1-2H3. The van der Waals surface area contributed by atoms with Crippen LogP contribution >= 0.6 is 10.7 Å². The quantitative estimate of drug-likeness (QED) is 0.785. The average molecular weight is 328 g/mol. The third-order valence-electron chi connectivity index (χ3n) is 3.91. The summed E-state index contributed by atoms with van der Waals surface area (Å²) >= 11 is 0. The summed E-state index contributed by atoms with van der Waals surface area (Å²) in [5, 5.41) is 4.53. The lowest BCUT2D eigenvalue weighted by Crippen LogP contribution is -2.26. The zero-order valence-electron chi connectivity index (χ0n) is 11.6. The lowest BCUT2D eigenvalue weighted by molar-refractivity contribution is -0.117. The molecule has 1 fully saturated rings. The number of amides is 1. The van der Waals surface area contributed by atoms with Crippen molar-refractivity contribution in [3.63, 3.8) is 0 Å². The van der Waals surface area contributed by atoms with Gasteiger partial charge in [-0.2, -0.15) is 5.10 Å². The van der Waals surface area contributed by atoms with Crippen molar-refractivity contribution in [2.75, 3.05) is 11.4 Å². The van der Waals surface area contributed by atoms with Gasteiger partial charge in [0.2, 0.25) is 15.0 Å². The molecule has 3 rings (SSSR count). The SMILES string of the molecule is Cc1c2ccc(N3CC(S(=O)(=O)Cl)CC3=O)cc2nn1C. The minimum absolute atomic E-state index is 0.0783. The third-order valence-corrected chi connectivity index (χ3v) is 5.78. The molecule has 1 atom stereocenters. The molecule has 1 unspecified atom stereocenters. The Bertz CT molecular complexity index is 844. The van der Waals surface area contributed by atoms with E-state index in [1.54, 1.807) is 16.8 Å². The summed E-state index contributed by atoms with van der Waals surface area (Å²) in [5.74, 6) is -0.240. The smallest absolute Gasteiger partial charge is 0.237 e. The van der Waals surface area contributed by atoms with E-state index in [1.807, 2.05) is 20.0 Å². The number of carbonyl (C=O) groups is 1. The molecule has 2 heterocycles. The van der Waals surface area contributed by atoms with E-state index in [0.29, 0.717) is 5.69 Å². The van der Waals surface area contributed by atoms with Crippen LogP contribution < -0.4 is 4.90 Å². The monoisotopic (exact) mass is 327 g/mol. The zero-order valence-corrected chi connectivity index (χ0v) is 13.1. The van der Waals surface area contributed by atoms with Gasteiger partial charge >= 0.3 is 0 Å². The number of halogens is 1. The molecule has 1 aliphatic heterocycles. The van der Waals surface area contributed by atoms with Crippen molar-refractivity contribution in [3.8, 4) is 0 Å². The predicted octanol–water partition coefficient (Wildman–Crippen LogP) is 1.56. The number of anilines is 1. The Morgan fingerprint density at radius 1 is 1.38 bits per heavy atom. The first-order valence-corrected chi connectivity index (χ1v) is 8.82.